The van der Waals surface area contributed by atoms with Gasteiger partial charge in [-0.1, -0.05) is 50.3 Å². The van der Waals surface area contributed by atoms with Crippen molar-refractivity contribution in [2.75, 3.05) is 5.32 Å². The van der Waals surface area contributed by atoms with Crippen LogP contribution in [0.2, 0.25) is 0 Å². The highest BCUT2D eigenvalue weighted by atomic mass is 15.0. The maximum Gasteiger partial charge on any atom is 0.126 e. The Balaban J connectivity index is 2.86. The molecular weight excluding hydrogens is 232 g/mol. The fourth-order valence-corrected chi connectivity index (χ4v) is 1.97. The quantitative estimate of drug-likeness (QED) is 0.757. The molecule has 0 amide bonds. The predicted octanol–water partition coefficient (Wildman–Crippen LogP) is 4.52. The topological polar surface area (TPSA) is 24.9 Å². The molecule has 1 atom stereocenters. The van der Waals surface area contributed by atoms with E-state index in [2.05, 4.69) is 56.7 Å². The van der Waals surface area contributed by atoms with Gasteiger partial charge in [0.05, 0.1) is 6.04 Å². The molecule has 0 fully saturated rings. The van der Waals surface area contributed by atoms with E-state index in [1.54, 1.807) is 6.08 Å². The largest absolute Gasteiger partial charge is 0.363 e. The molecule has 1 aromatic heterocycles. The summed E-state index contributed by atoms with van der Waals surface area (Å²) < 4.78 is 0. The first-order chi connectivity index (χ1) is 9.04. The van der Waals surface area contributed by atoms with Crippen molar-refractivity contribution in [1.29, 1.82) is 0 Å². The summed E-state index contributed by atoms with van der Waals surface area (Å²) in [5.74, 6) is 1.43. The summed E-state index contributed by atoms with van der Waals surface area (Å²) in [6.45, 7) is 12.3. The SMILES string of the molecule is C=C/C=C\C=C(/C)C(Nc1cc(C)ccn1)C(C)C. The minimum atomic E-state index is 0.281. The van der Waals surface area contributed by atoms with Gasteiger partial charge in [0.15, 0.2) is 0 Å². The minimum Gasteiger partial charge on any atom is -0.363 e. The van der Waals surface area contributed by atoms with Crippen LogP contribution in [0, 0.1) is 12.8 Å². The Morgan fingerprint density at radius 3 is 2.68 bits per heavy atom. The van der Waals surface area contributed by atoms with Crippen LogP contribution in [0.4, 0.5) is 5.82 Å². The maximum atomic E-state index is 4.37. The van der Waals surface area contributed by atoms with Crippen molar-refractivity contribution in [3.05, 3.63) is 60.3 Å². The Kier molecular flexibility index (Phi) is 6.07. The second kappa shape index (κ2) is 7.57. The van der Waals surface area contributed by atoms with Gasteiger partial charge in [-0.3, -0.25) is 0 Å². The van der Waals surface area contributed by atoms with Gasteiger partial charge < -0.3 is 5.32 Å². The van der Waals surface area contributed by atoms with Crippen LogP contribution in [-0.4, -0.2) is 11.0 Å². The highest BCUT2D eigenvalue weighted by Crippen LogP contribution is 2.18. The van der Waals surface area contributed by atoms with E-state index in [0.29, 0.717) is 5.92 Å². The summed E-state index contributed by atoms with van der Waals surface area (Å²) in [5, 5.41) is 3.51. The summed E-state index contributed by atoms with van der Waals surface area (Å²) in [6.07, 6.45) is 9.69. The van der Waals surface area contributed by atoms with Crippen LogP contribution in [0.1, 0.15) is 26.3 Å². The average molecular weight is 256 g/mol. The third-order valence-corrected chi connectivity index (χ3v) is 2.98. The smallest absolute Gasteiger partial charge is 0.126 e. The van der Waals surface area contributed by atoms with Crippen LogP contribution in [0.3, 0.4) is 0 Å². The number of rotatable bonds is 6. The van der Waals surface area contributed by atoms with Crippen molar-refractivity contribution in [1.82, 2.24) is 4.98 Å². The van der Waals surface area contributed by atoms with E-state index in [1.165, 1.54) is 11.1 Å². The highest BCUT2D eigenvalue weighted by molar-refractivity contribution is 5.41. The molecule has 1 rings (SSSR count). The van der Waals surface area contributed by atoms with E-state index in [0.717, 1.165) is 5.82 Å². The molecule has 0 aliphatic rings. The first-order valence-electron chi connectivity index (χ1n) is 6.69. The summed E-state index contributed by atoms with van der Waals surface area (Å²) in [7, 11) is 0. The number of aryl methyl sites for hydroxylation is 1. The van der Waals surface area contributed by atoms with Crippen LogP contribution in [0.5, 0.6) is 0 Å². The van der Waals surface area contributed by atoms with E-state index >= 15 is 0 Å². The Morgan fingerprint density at radius 1 is 1.37 bits per heavy atom. The second-order valence-electron chi connectivity index (χ2n) is 5.12. The molecule has 0 aliphatic carbocycles. The third-order valence-electron chi connectivity index (χ3n) is 2.98. The molecule has 2 nitrogen and oxygen atoms in total. The molecule has 1 heterocycles. The number of allylic oxidation sites excluding steroid dienone is 4. The number of pyridine rings is 1. The molecule has 0 bridgehead atoms. The van der Waals surface area contributed by atoms with E-state index in [1.807, 2.05) is 24.4 Å². The van der Waals surface area contributed by atoms with Gasteiger partial charge in [-0.15, -0.1) is 0 Å². The lowest BCUT2D eigenvalue weighted by atomic mass is 9.96. The van der Waals surface area contributed by atoms with Gasteiger partial charge in [0.1, 0.15) is 5.82 Å². The monoisotopic (exact) mass is 256 g/mol. The fraction of sp³-hybridized carbons (Fsp3) is 0.353. The number of anilines is 1. The van der Waals surface area contributed by atoms with E-state index < -0.39 is 0 Å². The Bertz CT molecular complexity index is 470. The van der Waals surface area contributed by atoms with Gasteiger partial charge in [-0.25, -0.2) is 4.98 Å². The van der Waals surface area contributed by atoms with Crippen molar-refractivity contribution < 1.29 is 0 Å². The van der Waals surface area contributed by atoms with Crippen LogP contribution >= 0.6 is 0 Å². The molecule has 0 aliphatic heterocycles. The third kappa shape index (κ3) is 5.12. The zero-order valence-corrected chi connectivity index (χ0v) is 12.4. The summed E-state index contributed by atoms with van der Waals surface area (Å²) in [5.41, 5.74) is 2.50. The van der Waals surface area contributed by atoms with E-state index in [4.69, 9.17) is 0 Å². The fourth-order valence-electron chi connectivity index (χ4n) is 1.97. The lowest BCUT2D eigenvalue weighted by molar-refractivity contribution is 0.577. The molecule has 0 radical (unpaired) electrons. The van der Waals surface area contributed by atoms with Crippen LogP contribution in [0.15, 0.2) is 54.8 Å². The first-order valence-corrected chi connectivity index (χ1v) is 6.69. The molecule has 0 saturated heterocycles. The molecule has 0 aromatic carbocycles. The van der Waals surface area contributed by atoms with Crippen molar-refractivity contribution in [3.8, 4) is 0 Å². The van der Waals surface area contributed by atoms with Crippen molar-refractivity contribution >= 4 is 5.82 Å². The summed E-state index contributed by atoms with van der Waals surface area (Å²) >= 11 is 0. The molecule has 1 aromatic rings. The van der Waals surface area contributed by atoms with Gasteiger partial charge in [-0.05, 0) is 37.5 Å². The molecule has 1 N–H and O–H groups in total. The second-order valence-corrected chi connectivity index (χ2v) is 5.12. The normalized spacial score (nSPS) is 13.8. The summed E-state index contributed by atoms with van der Waals surface area (Å²) in [4.78, 5) is 4.37. The standard InChI is InChI=1S/C17H24N2/c1-6-7-8-9-15(5)17(13(2)3)19-16-12-14(4)10-11-18-16/h6-13,17H,1H2,2-5H3,(H,18,19)/b8-7-,15-9+. The maximum absolute atomic E-state index is 4.37. The average Bonchev–Trinajstić information content (AvgIpc) is 2.36. The van der Waals surface area contributed by atoms with Gasteiger partial charge in [0.25, 0.3) is 0 Å². The predicted molar refractivity (Wildman–Crippen MR) is 84.3 cm³/mol. The molecule has 0 saturated carbocycles. The molecular formula is C17H24N2. The Hall–Kier alpha value is -1.83. The minimum absolute atomic E-state index is 0.281. The molecule has 2 heteroatoms. The zero-order chi connectivity index (χ0) is 14.3. The van der Waals surface area contributed by atoms with Crippen LogP contribution in [0.25, 0.3) is 0 Å². The zero-order valence-electron chi connectivity index (χ0n) is 12.4. The van der Waals surface area contributed by atoms with Crippen LogP contribution < -0.4 is 5.32 Å². The lowest BCUT2D eigenvalue weighted by Crippen LogP contribution is -2.27. The van der Waals surface area contributed by atoms with Gasteiger partial charge in [-0.2, -0.15) is 0 Å². The van der Waals surface area contributed by atoms with Crippen molar-refractivity contribution in [3.63, 3.8) is 0 Å². The van der Waals surface area contributed by atoms with Gasteiger partial charge in [0.2, 0.25) is 0 Å². The molecule has 19 heavy (non-hydrogen) atoms. The molecule has 102 valence electrons. The van der Waals surface area contributed by atoms with Gasteiger partial charge >= 0.3 is 0 Å². The Morgan fingerprint density at radius 2 is 2.11 bits per heavy atom. The Labute approximate surface area is 117 Å². The molecule has 1 unspecified atom stereocenters. The first kappa shape index (κ1) is 15.2. The number of hydrogen-bond acceptors (Lipinski definition) is 2. The van der Waals surface area contributed by atoms with Crippen LogP contribution in [-0.2, 0) is 0 Å². The number of nitrogens with zero attached hydrogens (tertiary/aromatic N) is 1. The van der Waals surface area contributed by atoms with Crippen molar-refractivity contribution in [2.24, 2.45) is 5.92 Å². The van der Waals surface area contributed by atoms with E-state index in [-0.39, 0.29) is 6.04 Å². The van der Waals surface area contributed by atoms with Gasteiger partial charge in [0, 0.05) is 6.20 Å². The summed E-state index contributed by atoms with van der Waals surface area (Å²) in [6, 6.07) is 4.36. The van der Waals surface area contributed by atoms with Crippen molar-refractivity contribution in [2.45, 2.75) is 33.7 Å². The lowest BCUT2D eigenvalue weighted by Gasteiger charge is -2.24. The number of hydrogen-bond donors (Lipinski definition) is 1. The highest BCUT2D eigenvalue weighted by Gasteiger charge is 2.15. The number of nitrogens with one attached hydrogen (secondary N) is 1. The van der Waals surface area contributed by atoms with E-state index in [9.17, 15) is 0 Å². The number of aromatic nitrogens is 1. The molecule has 0 spiro atoms.